The average Bonchev–Trinajstić information content (AvgIpc) is 4.02. The summed E-state index contributed by atoms with van der Waals surface area (Å²) in [6.07, 6.45) is -7.61. The largest absolute Gasteiger partial charge is 0.394 e. The van der Waals surface area contributed by atoms with Crippen LogP contribution in [0.5, 0.6) is 0 Å². The van der Waals surface area contributed by atoms with E-state index in [1.54, 1.807) is 84.2 Å². The predicted octanol–water partition coefficient (Wildman–Crippen LogP) is -3.31. The van der Waals surface area contributed by atoms with Gasteiger partial charge in [-0.1, -0.05) is 0 Å². The van der Waals surface area contributed by atoms with Crippen molar-refractivity contribution in [3.63, 3.8) is 0 Å². The zero-order chi connectivity index (χ0) is 47.2. The molecule has 8 bridgehead atoms. The molecule has 9 aliphatic rings. The van der Waals surface area contributed by atoms with Crippen molar-refractivity contribution in [1.29, 1.82) is 0 Å². The molecule has 24 nitrogen and oxygen atoms in total. The number of hydrogen-bond acceptors (Lipinski definition) is 24. The molecular weight excluding hydrogens is 873 g/mol. The van der Waals surface area contributed by atoms with Crippen molar-refractivity contribution in [1.82, 2.24) is 42.5 Å². The Kier molecular flexibility index (Phi) is 14.1. The molecule has 10 N–H and O–H groups in total. The second-order valence-electron chi connectivity index (χ2n) is 19.5. The Balaban J connectivity index is 1.15. The Morgan fingerprint density at radius 3 is 0.758 bits per heavy atom. The Hall–Kier alpha value is -0.960. The highest BCUT2D eigenvalue weighted by Gasteiger charge is 2.68. The molecule has 1 aliphatic carbocycles. The Morgan fingerprint density at radius 2 is 0.561 bits per heavy atom. The van der Waals surface area contributed by atoms with Crippen LogP contribution < -0.4 is 42.5 Å². The number of hydrogen-bond donors (Lipinski definition) is 10. The minimum atomic E-state index is -1.33. The van der Waals surface area contributed by atoms with Crippen LogP contribution in [0.4, 0.5) is 0 Å². The summed E-state index contributed by atoms with van der Waals surface area (Å²) in [5.74, 6) is -8.43. The van der Waals surface area contributed by atoms with Crippen LogP contribution in [-0.2, 0) is 66.3 Å². The highest BCUT2D eigenvalue weighted by atomic mass is 16.8. The normalized spacial score (nSPS) is 55.5. The second-order valence-corrected chi connectivity index (χ2v) is 19.5. The van der Waals surface area contributed by atoms with Crippen LogP contribution in [0.25, 0.3) is 0 Å². The van der Waals surface area contributed by atoms with Crippen molar-refractivity contribution >= 4 is 0 Å². The number of methoxy groups -OCH3 is 6. The number of ether oxygens (including phenoxy) is 14. The van der Waals surface area contributed by atoms with Crippen molar-refractivity contribution in [3.8, 4) is 0 Å². The maximum absolute atomic E-state index is 9.98. The summed E-state index contributed by atoms with van der Waals surface area (Å²) >= 11 is 0. The van der Waals surface area contributed by atoms with E-state index in [0.717, 1.165) is 0 Å². The second kappa shape index (κ2) is 18.6. The van der Waals surface area contributed by atoms with Gasteiger partial charge in [-0.05, 0) is 54.4 Å². The van der Waals surface area contributed by atoms with Gasteiger partial charge in [0.25, 0.3) is 0 Å². The molecule has 1 saturated carbocycles. The smallest absolute Gasteiger partial charge is 0.220 e. The van der Waals surface area contributed by atoms with Crippen molar-refractivity contribution < 1.29 is 76.5 Å². The maximum Gasteiger partial charge on any atom is 0.220 e. The quantitative estimate of drug-likeness (QED) is 0.0918. The van der Waals surface area contributed by atoms with E-state index in [0.29, 0.717) is 12.8 Å². The molecule has 380 valence electrons. The van der Waals surface area contributed by atoms with Crippen molar-refractivity contribution in [3.05, 3.63) is 0 Å². The number of nitrogens with one attached hydrogen (secondary N) is 8. The molecule has 9 rings (SSSR count). The maximum atomic E-state index is 9.98. The van der Waals surface area contributed by atoms with Gasteiger partial charge in [0.05, 0.1) is 88.0 Å². The molecule has 9 fully saturated rings. The van der Waals surface area contributed by atoms with Gasteiger partial charge in [-0.2, -0.15) is 0 Å². The molecule has 24 heteroatoms. The van der Waals surface area contributed by atoms with Gasteiger partial charge in [0, 0.05) is 54.5 Å². The van der Waals surface area contributed by atoms with Gasteiger partial charge in [0.1, 0.15) is 36.6 Å². The zero-order valence-corrected chi connectivity index (χ0v) is 40.2. The van der Waals surface area contributed by atoms with E-state index < -0.39 is 121 Å². The molecular formula is C42H76N8O16. The van der Waals surface area contributed by atoms with Gasteiger partial charge >= 0.3 is 0 Å². The first-order valence-electron chi connectivity index (χ1n) is 23.3. The summed E-state index contributed by atoms with van der Waals surface area (Å²) in [5, 5.41) is 50.5. The minimum absolute atomic E-state index is 0.133. The van der Waals surface area contributed by atoms with Crippen LogP contribution in [0.15, 0.2) is 0 Å². The van der Waals surface area contributed by atoms with Crippen molar-refractivity contribution in [2.24, 2.45) is 11.8 Å². The van der Waals surface area contributed by atoms with Crippen LogP contribution in [0.1, 0.15) is 54.4 Å². The van der Waals surface area contributed by atoms with Crippen LogP contribution >= 0.6 is 0 Å². The molecule has 8 heterocycles. The fourth-order valence-electron chi connectivity index (χ4n) is 11.9. The number of fused-ring (bicyclic) bond motifs is 20. The first kappa shape index (κ1) is 50.0. The fourth-order valence-corrected chi connectivity index (χ4v) is 11.9. The lowest BCUT2D eigenvalue weighted by molar-refractivity contribution is -0.450. The van der Waals surface area contributed by atoms with Gasteiger partial charge in [0.2, 0.25) is 34.7 Å². The van der Waals surface area contributed by atoms with Crippen molar-refractivity contribution in [2.75, 3.05) is 69.1 Å². The first-order valence-corrected chi connectivity index (χ1v) is 23.3. The molecule has 0 aromatic heterocycles. The molecule has 0 spiro atoms. The zero-order valence-electron chi connectivity index (χ0n) is 40.2. The first-order chi connectivity index (χ1) is 31.4. The summed E-state index contributed by atoms with van der Waals surface area (Å²) in [7, 11) is 9.37. The van der Waals surface area contributed by atoms with Gasteiger partial charge in [-0.3, -0.25) is 42.5 Å². The molecule has 0 aromatic carbocycles. The molecule has 8 saturated heterocycles. The molecule has 0 radical (unpaired) electrons. The van der Waals surface area contributed by atoms with Crippen molar-refractivity contribution in [2.45, 2.75) is 187 Å². The lowest BCUT2D eigenvalue weighted by Gasteiger charge is -2.52. The van der Waals surface area contributed by atoms with E-state index in [9.17, 15) is 10.2 Å². The topological polar surface area (TPSA) is 266 Å². The number of aliphatic hydroxyl groups excluding tert-OH is 2. The predicted molar refractivity (Wildman–Crippen MR) is 227 cm³/mol. The van der Waals surface area contributed by atoms with Crippen LogP contribution in [0.3, 0.4) is 0 Å². The molecule has 18 unspecified atom stereocenters. The van der Waals surface area contributed by atoms with Crippen LogP contribution in [0, 0.1) is 11.8 Å². The van der Waals surface area contributed by atoms with E-state index >= 15 is 0 Å². The third kappa shape index (κ3) is 7.92. The van der Waals surface area contributed by atoms with Crippen LogP contribution in [-0.4, -0.2) is 212 Å². The summed E-state index contributed by atoms with van der Waals surface area (Å²) in [6.45, 7) is 10.8. The van der Waals surface area contributed by atoms with Gasteiger partial charge in [-0.15, -0.1) is 0 Å². The minimum Gasteiger partial charge on any atom is -0.394 e. The Bertz CT molecular complexity index is 1590. The monoisotopic (exact) mass is 949 g/mol. The molecule has 0 amide bonds. The summed E-state index contributed by atoms with van der Waals surface area (Å²) in [5.41, 5.74) is 0. The van der Waals surface area contributed by atoms with E-state index in [2.05, 4.69) is 42.5 Å². The highest BCUT2D eigenvalue weighted by Crippen LogP contribution is 2.48. The van der Waals surface area contributed by atoms with E-state index in [1.165, 1.54) is 0 Å². The summed E-state index contributed by atoms with van der Waals surface area (Å²) in [4.78, 5) is 0. The van der Waals surface area contributed by atoms with Gasteiger partial charge in [0.15, 0.2) is 0 Å². The molecule has 66 heavy (non-hydrogen) atoms. The third-order valence-electron chi connectivity index (χ3n) is 16.4. The third-order valence-corrected chi connectivity index (χ3v) is 16.4. The van der Waals surface area contributed by atoms with Crippen LogP contribution in [0.2, 0.25) is 0 Å². The summed E-state index contributed by atoms with van der Waals surface area (Å²) in [6, 6.07) is 0. The SMILES string of the molecule is CO[C@]1(C)OC2C3NC(NC4NC(NC5NC(NC6NC(N3)C3O[C@@](C)(OC)[C@](C)(OC)OC63)C3C(OCCO)CCC(OCCO)C53)C3O[C@@](C)(OC)[C@](C)(OC)OC43)C2O[C@@]1(C)OC. The number of aliphatic hydroxyl groups is 2. The molecule has 24 atom stereocenters. The molecule has 8 aliphatic heterocycles. The Labute approximate surface area is 386 Å². The molecule has 0 aromatic rings. The van der Waals surface area contributed by atoms with Gasteiger partial charge < -0.3 is 76.5 Å². The standard InChI is InChI=1S/C42H76N8O16/c1-37(53-7)39(3,55-9)63-25-23(61-37)31-44-29-21-19(59-17-15-51)13-14-20(60-18-16-52)22(21)30(43-29)45-32-24-26(64-40(4,56-10)38(2,54-8)62-24)34(47-32)49-36-28-27(35(50-36)48-33(25)46-31)65-41(5,57-11)42(6,58-12)66-28/h19-36,43-52H,13-18H2,1-12H3/t19?,20?,21?,22?,23?,24?,25?,26?,27?,28?,29?,30?,31?,32?,33?,34?,35?,36?,37-,38-,39-,40-,41-,42-/m1/s1. The highest BCUT2D eigenvalue weighted by molar-refractivity contribution is 5.15. The number of rotatable bonds is 12. The average molecular weight is 949 g/mol. The van der Waals surface area contributed by atoms with E-state index in [4.69, 9.17) is 66.3 Å². The fraction of sp³-hybridized carbons (Fsp3) is 1.00. The van der Waals surface area contributed by atoms with E-state index in [-0.39, 0.29) is 50.5 Å². The lowest BCUT2D eigenvalue weighted by atomic mass is 9.74. The van der Waals surface area contributed by atoms with E-state index in [1.807, 2.05) is 0 Å². The summed E-state index contributed by atoms with van der Waals surface area (Å²) < 4.78 is 90.8. The lowest BCUT2D eigenvalue weighted by Crippen LogP contribution is -2.70. The van der Waals surface area contributed by atoms with Gasteiger partial charge in [-0.25, -0.2) is 0 Å². The Morgan fingerprint density at radius 1 is 0.364 bits per heavy atom.